The summed E-state index contributed by atoms with van der Waals surface area (Å²) in [6.45, 7) is 4.34. The number of nitrogens with one attached hydrogen (secondary N) is 1. The van der Waals surface area contributed by atoms with Crippen molar-refractivity contribution in [2.45, 2.75) is 116 Å². The smallest absolute Gasteiger partial charge is 0.268 e. The van der Waals surface area contributed by atoms with Gasteiger partial charge in [0.15, 0.2) is 0 Å². The van der Waals surface area contributed by atoms with Crippen molar-refractivity contribution in [1.29, 1.82) is 0 Å². The number of allylic oxidation sites excluding steroid dienone is 5. The van der Waals surface area contributed by atoms with Crippen LogP contribution in [0, 0.1) is 0 Å². The molecule has 1 amide bonds. The molecule has 234 valence electrons. The number of amides is 1. The normalized spacial score (nSPS) is 15.7. The van der Waals surface area contributed by atoms with E-state index in [1.807, 2.05) is 34.1 Å². The zero-order valence-electron chi connectivity index (χ0n) is 26.0. The van der Waals surface area contributed by atoms with Gasteiger partial charge in [0.2, 0.25) is 5.91 Å². The Balaban J connectivity index is 4.34. The molecule has 0 bridgehead atoms. The summed E-state index contributed by atoms with van der Waals surface area (Å²) in [7, 11) is 1.23. The lowest BCUT2D eigenvalue weighted by Gasteiger charge is -2.29. The van der Waals surface area contributed by atoms with Gasteiger partial charge in [0.25, 0.3) is 7.82 Å². The summed E-state index contributed by atoms with van der Waals surface area (Å²) in [4.78, 5) is 24.7. The van der Waals surface area contributed by atoms with Crippen LogP contribution in [-0.4, -0.2) is 68.5 Å². The molecular weight excluding hydrogens is 527 g/mol. The monoisotopic (exact) mass is 586 g/mol. The number of likely N-dealkylation sites (N-methyl/N-ethyl adjacent to an activating group) is 1. The SMILES string of the molecule is CCC/C=C/C(O)C(COP(=O)([O-])OCC[N+](C)(C)C)NC(=O)CCCCCCC/C=C\C/C=C\CCCCC. The van der Waals surface area contributed by atoms with Gasteiger partial charge in [0.05, 0.1) is 39.9 Å². The summed E-state index contributed by atoms with van der Waals surface area (Å²) in [5, 5.41) is 13.3. The van der Waals surface area contributed by atoms with Gasteiger partial charge < -0.3 is 28.8 Å². The number of carbonyl (C=O) groups is 1. The molecular formula is C31H59N2O6P. The predicted octanol–water partition coefficient (Wildman–Crippen LogP) is 6.21. The summed E-state index contributed by atoms with van der Waals surface area (Å²) in [5.74, 6) is -0.228. The van der Waals surface area contributed by atoms with Crippen LogP contribution in [0.1, 0.15) is 104 Å². The van der Waals surface area contributed by atoms with Gasteiger partial charge in [0.1, 0.15) is 13.2 Å². The maximum Gasteiger partial charge on any atom is 0.268 e. The van der Waals surface area contributed by atoms with Crippen LogP contribution in [0.3, 0.4) is 0 Å². The molecule has 3 unspecified atom stereocenters. The molecule has 0 aromatic rings. The molecule has 0 heterocycles. The molecule has 0 aliphatic heterocycles. The molecule has 0 spiro atoms. The van der Waals surface area contributed by atoms with E-state index in [9.17, 15) is 19.4 Å². The summed E-state index contributed by atoms with van der Waals surface area (Å²) in [6.07, 6.45) is 25.5. The molecule has 8 nitrogen and oxygen atoms in total. The number of hydrogen-bond acceptors (Lipinski definition) is 6. The number of aliphatic hydroxyl groups excluding tert-OH is 1. The van der Waals surface area contributed by atoms with Crippen molar-refractivity contribution in [2.75, 3.05) is 40.9 Å². The highest BCUT2D eigenvalue weighted by Crippen LogP contribution is 2.38. The van der Waals surface area contributed by atoms with E-state index in [-0.39, 0.29) is 12.5 Å². The van der Waals surface area contributed by atoms with E-state index >= 15 is 0 Å². The molecule has 0 aromatic heterocycles. The molecule has 0 rings (SSSR count). The second-order valence-electron chi connectivity index (χ2n) is 11.5. The Labute approximate surface area is 245 Å². The first kappa shape index (κ1) is 38.7. The second-order valence-corrected chi connectivity index (χ2v) is 12.9. The molecule has 0 fully saturated rings. The Morgan fingerprint density at radius 2 is 1.50 bits per heavy atom. The average molecular weight is 587 g/mol. The van der Waals surface area contributed by atoms with E-state index in [0.717, 1.165) is 57.8 Å². The standard InChI is InChI=1S/C31H59N2O6P/c1-6-8-10-11-12-13-14-15-16-17-18-19-20-21-23-25-31(35)32-29(30(34)24-22-9-7-2)28-39-40(36,37)38-27-26-33(3,4)5/h12-13,15-16,22,24,29-30,34H,6-11,14,17-21,23,25-28H2,1-5H3,(H-,32,35,36,37)/b13-12-,16-15-,24-22+. The van der Waals surface area contributed by atoms with Crippen molar-refractivity contribution in [3.05, 3.63) is 36.5 Å². The number of phosphoric ester groups is 1. The van der Waals surface area contributed by atoms with Gasteiger partial charge in [-0.05, 0) is 44.9 Å². The van der Waals surface area contributed by atoms with Crippen LogP contribution in [0.5, 0.6) is 0 Å². The van der Waals surface area contributed by atoms with Gasteiger partial charge in [0, 0.05) is 6.42 Å². The van der Waals surface area contributed by atoms with Gasteiger partial charge in [-0.15, -0.1) is 0 Å². The number of rotatable bonds is 26. The first-order valence-electron chi connectivity index (χ1n) is 15.4. The van der Waals surface area contributed by atoms with Gasteiger partial charge in [-0.2, -0.15) is 0 Å². The van der Waals surface area contributed by atoms with E-state index in [1.54, 1.807) is 6.08 Å². The molecule has 0 radical (unpaired) electrons. The van der Waals surface area contributed by atoms with Crippen LogP contribution in [-0.2, 0) is 18.4 Å². The minimum absolute atomic E-state index is 0.00686. The second kappa shape index (κ2) is 24.3. The van der Waals surface area contributed by atoms with Crippen LogP contribution >= 0.6 is 7.82 Å². The van der Waals surface area contributed by atoms with Gasteiger partial charge >= 0.3 is 0 Å². The Morgan fingerprint density at radius 1 is 0.875 bits per heavy atom. The van der Waals surface area contributed by atoms with Crippen molar-refractivity contribution in [3.8, 4) is 0 Å². The minimum Gasteiger partial charge on any atom is -0.756 e. The van der Waals surface area contributed by atoms with Crippen molar-refractivity contribution in [2.24, 2.45) is 0 Å². The third-order valence-electron chi connectivity index (χ3n) is 6.33. The van der Waals surface area contributed by atoms with Gasteiger partial charge in [-0.3, -0.25) is 9.36 Å². The fourth-order valence-electron chi connectivity index (χ4n) is 3.77. The summed E-state index contributed by atoms with van der Waals surface area (Å²) in [6, 6.07) is -0.886. The summed E-state index contributed by atoms with van der Waals surface area (Å²) >= 11 is 0. The number of aliphatic hydroxyl groups is 1. The van der Waals surface area contributed by atoms with Crippen LogP contribution in [0.4, 0.5) is 0 Å². The van der Waals surface area contributed by atoms with E-state index in [2.05, 4.69) is 36.5 Å². The third kappa shape index (κ3) is 25.7. The van der Waals surface area contributed by atoms with Crippen LogP contribution < -0.4 is 10.2 Å². The Kier molecular flexibility index (Phi) is 23.6. The van der Waals surface area contributed by atoms with Crippen molar-refractivity contribution < 1.29 is 32.9 Å². The number of carbonyl (C=O) groups excluding carboxylic acids is 1. The van der Waals surface area contributed by atoms with E-state index in [4.69, 9.17) is 9.05 Å². The number of unbranched alkanes of at least 4 members (excludes halogenated alkanes) is 9. The third-order valence-corrected chi connectivity index (χ3v) is 7.29. The highest BCUT2D eigenvalue weighted by Gasteiger charge is 2.23. The first-order valence-corrected chi connectivity index (χ1v) is 16.8. The molecule has 9 heteroatoms. The zero-order valence-corrected chi connectivity index (χ0v) is 26.9. The Morgan fingerprint density at radius 3 is 2.12 bits per heavy atom. The molecule has 0 saturated heterocycles. The van der Waals surface area contributed by atoms with E-state index in [0.29, 0.717) is 17.4 Å². The number of nitrogens with zero attached hydrogens (tertiary/aromatic N) is 1. The Hall–Kier alpha value is -1.28. The topological polar surface area (TPSA) is 108 Å². The molecule has 0 aromatic carbocycles. The van der Waals surface area contributed by atoms with Gasteiger partial charge in [-0.1, -0.05) is 88.8 Å². The van der Waals surface area contributed by atoms with Crippen molar-refractivity contribution in [1.82, 2.24) is 5.32 Å². The lowest BCUT2D eigenvalue weighted by molar-refractivity contribution is -0.870. The maximum absolute atomic E-state index is 12.5. The highest BCUT2D eigenvalue weighted by atomic mass is 31.2. The fraction of sp³-hybridized carbons (Fsp3) is 0.774. The summed E-state index contributed by atoms with van der Waals surface area (Å²) < 4.78 is 22.7. The average Bonchev–Trinajstić information content (AvgIpc) is 2.88. The predicted molar refractivity (Wildman–Crippen MR) is 164 cm³/mol. The number of quaternary nitrogens is 1. The number of hydrogen-bond donors (Lipinski definition) is 2. The molecule has 0 aliphatic carbocycles. The summed E-state index contributed by atoms with van der Waals surface area (Å²) in [5.41, 5.74) is 0. The lowest BCUT2D eigenvalue weighted by Crippen LogP contribution is -2.45. The minimum atomic E-state index is -4.56. The van der Waals surface area contributed by atoms with Crippen LogP contribution in [0.2, 0.25) is 0 Å². The molecule has 0 aliphatic rings. The molecule has 40 heavy (non-hydrogen) atoms. The highest BCUT2D eigenvalue weighted by molar-refractivity contribution is 7.45. The van der Waals surface area contributed by atoms with Gasteiger partial charge in [-0.25, -0.2) is 0 Å². The zero-order chi connectivity index (χ0) is 30.1. The number of phosphoric acid groups is 1. The quantitative estimate of drug-likeness (QED) is 0.0540. The fourth-order valence-corrected chi connectivity index (χ4v) is 4.50. The van der Waals surface area contributed by atoms with Crippen LogP contribution in [0.15, 0.2) is 36.5 Å². The van der Waals surface area contributed by atoms with Crippen LogP contribution in [0.25, 0.3) is 0 Å². The van der Waals surface area contributed by atoms with Crippen molar-refractivity contribution in [3.63, 3.8) is 0 Å². The van der Waals surface area contributed by atoms with E-state index < -0.39 is 26.6 Å². The molecule has 0 saturated carbocycles. The first-order chi connectivity index (χ1) is 19.0. The Bertz CT molecular complexity index is 763. The van der Waals surface area contributed by atoms with E-state index in [1.165, 1.54) is 25.7 Å². The molecule has 3 atom stereocenters. The molecule has 2 N–H and O–H groups in total. The lowest BCUT2D eigenvalue weighted by atomic mass is 10.1. The van der Waals surface area contributed by atoms with Crippen molar-refractivity contribution >= 4 is 13.7 Å². The maximum atomic E-state index is 12.5. The largest absolute Gasteiger partial charge is 0.756 e.